The summed E-state index contributed by atoms with van der Waals surface area (Å²) in [5.41, 5.74) is 3.18. The normalized spacial score (nSPS) is 25.1. The molecule has 1 aromatic rings. The maximum Gasteiger partial charge on any atom is 0.304 e. The van der Waals surface area contributed by atoms with E-state index >= 15 is 0 Å². The fourth-order valence-corrected chi connectivity index (χ4v) is 4.17. The fraction of sp³-hybridized carbons (Fsp3) is 0.619. The lowest BCUT2D eigenvalue weighted by molar-refractivity contribution is -0.137. The molecule has 0 saturated carbocycles. The van der Waals surface area contributed by atoms with Crippen LogP contribution in [0.2, 0.25) is 0 Å². The lowest BCUT2D eigenvalue weighted by Crippen LogP contribution is -2.45. The summed E-state index contributed by atoms with van der Waals surface area (Å²) in [6, 6.07) is 6.78. The Kier molecular flexibility index (Phi) is 7.04. The van der Waals surface area contributed by atoms with Gasteiger partial charge in [-0.25, -0.2) is 0 Å². The van der Waals surface area contributed by atoms with Gasteiger partial charge in [-0.05, 0) is 56.4 Å². The zero-order valence-electron chi connectivity index (χ0n) is 16.7. The van der Waals surface area contributed by atoms with Crippen molar-refractivity contribution in [1.82, 2.24) is 10.2 Å². The van der Waals surface area contributed by atoms with Crippen molar-refractivity contribution < 1.29 is 19.4 Å². The first-order chi connectivity index (χ1) is 13.4. The first kappa shape index (κ1) is 20.8. The molecule has 2 aliphatic rings. The molecule has 0 aromatic heterocycles. The molecule has 0 radical (unpaired) electrons. The number of nitrogens with one attached hydrogen (secondary N) is 2. The molecule has 7 heteroatoms. The average molecular weight is 389 g/mol. The van der Waals surface area contributed by atoms with Crippen molar-refractivity contribution in [3.63, 3.8) is 0 Å². The van der Waals surface area contributed by atoms with Gasteiger partial charge in [0.25, 0.3) is 0 Å². The Bertz CT molecular complexity index is 699. The average Bonchev–Trinajstić information content (AvgIpc) is 2.63. The van der Waals surface area contributed by atoms with Crippen LogP contribution < -0.4 is 10.6 Å². The van der Waals surface area contributed by atoms with Crippen molar-refractivity contribution >= 4 is 17.6 Å². The summed E-state index contributed by atoms with van der Waals surface area (Å²) in [5.74, 6) is -0.915. The van der Waals surface area contributed by atoms with E-state index in [0.717, 1.165) is 37.1 Å². The molecule has 1 aromatic carbocycles. The molecule has 2 heterocycles. The molecule has 2 unspecified atom stereocenters. The number of fused-ring (bicyclic) bond motifs is 1. The van der Waals surface area contributed by atoms with Gasteiger partial charge in [0.05, 0.1) is 12.5 Å². The van der Waals surface area contributed by atoms with Gasteiger partial charge in [0.1, 0.15) is 6.61 Å². The molecule has 3 N–H and O–H groups in total. The van der Waals surface area contributed by atoms with E-state index in [9.17, 15) is 9.59 Å². The molecule has 0 bridgehead atoms. The number of piperidine rings is 1. The van der Waals surface area contributed by atoms with Gasteiger partial charge in [-0.3, -0.25) is 14.5 Å². The Balaban J connectivity index is 1.50. The predicted molar refractivity (Wildman–Crippen MR) is 107 cm³/mol. The molecular formula is C21H31N3O4. The second kappa shape index (κ2) is 9.49. The summed E-state index contributed by atoms with van der Waals surface area (Å²) in [4.78, 5) is 25.2. The fourth-order valence-electron chi connectivity index (χ4n) is 4.17. The van der Waals surface area contributed by atoms with E-state index in [1.807, 2.05) is 12.1 Å². The third kappa shape index (κ3) is 6.02. The molecule has 28 heavy (non-hydrogen) atoms. The maximum absolute atomic E-state index is 12.3. The quantitative estimate of drug-likeness (QED) is 0.661. The zero-order chi connectivity index (χ0) is 20.1. The summed E-state index contributed by atoms with van der Waals surface area (Å²) in [5, 5.41) is 15.3. The van der Waals surface area contributed by atoms with Crippen molar-refractivity contribution in [1.29, 1.82) is 0 Å². The van der Waals surface area contributed by atoms with E-state index in [1.54, 1.807) is 0 Å². The van der Waals surface area contributed by atoms with Crippen LogP contribution in [0.4, 0.5) is 5.69 Å². The van der Waals surface area contributed by atoms with Crippen molar-refractivity contribution in [2.75, 3.05) is 25.0 Å². The van der Waals surface area contributed by atoms with Crippen LogP contribution in [0.3, 0.4) is 0 Å². The molecule has 2 aliphatic heterocycles. The molecule has 1 amide bonds. The Hall–Kier alpha value is -1.96. The number of carboxylic acid groups (broad SMARTS) is 1. The van der Waals surface area contributed by atoms with Crippen LogP contribution in [0, 0.1) is 0 Å². The summed E-state index contributed by atoms with van der Waals surface area (Å²) in [6.07, 6.45) is 3.00. The molecular weight excluding hydrogens is 358 g/mol. The predicted octanol–water partition coefficient (Wildman–Crippen LogP) is 2.00. The van der Waals surface area contributed by atoms with Crippen LogP contribution in [-0.4, -0.2) is 59.8 Å². The third-order valence-electron chi connectivity index (χ3n) is 5.48. The van der Waals surface area contributed by atoms with Gasteiger partial charge < -0.3 is 20.5 Å². The Labute approximate surface area is 166 Å². The minimum absolute atomic E-state index is 0.0614. The summed E-state index contributed by atoms with van der Waals surface area (Å²) < 4.78 is 5.83. The van der Waals surface area contributed by atoms with Crippen molar-refractivity contribution in [2.24, 2.45) is 0 Å². The first-order valence-corrected chi connectivity index (χ1v) is 10.1. The van der Waals surface area contributed by atoms with Crippen LogP contribution in [0.1, 0.15) is 44.2 Å². The number of hydrogen-bond acceptors (Lipinski definition) is 5. The van der Waals surface area contributed by atoms with Crippen molar-refractivity contribution in [3.8, 4) is 0 Å². The SMILES string of the molecule is CC1CC(OCC(=O)Nc2ccc3c(c2)CN(CCC(=O)O)CC3)CC(C)N1. The molecule has 1 fully saturated rings. The first-order valence-electron chi connectivity index (χ1n) is 10.1. The van der Waals surface area contributed by atoms with Crippen LogP contribution in [-0.2, 0) is 27.3 Å². The number of ether oxygens (including phenoxy) is 1. The van der Waals surface area contributed by atoms with Crippen molar-refractivity contribution in [2.45, 2.75) is 64.3 Å². The van der Waals surface area contributed by atoms with Crippen LogP contribution in [0.5, 0.6) is 0 Å². The monoisotopic (exact) mass is 389 g/mol. The number of nitrogens with zero attached hydrogens (tertiary/aromatic N) is 1. The van der Waals surface area contributed by atoms with Gasteiger partial charge in [-0.15, -0.1) is 0 Å². The van der Waals surface area contributed by atoms with Crippen LogP contribution in [0.25, 0.3) is 0 Å². The standard InChI is InChI=1S/C21H31N3O4/c1-14-9-19(10-15(2)22-14)28-13-20(25)23-18-4-3-16-5-7-24(8-6-21(26)27)12-17(16)11-18/h3-4,11,14-15,19,22H,5-10,12-13H2,1-2H3,(H,23,25)(H,26,27). The zero-order valence-corrected chi connectivity index (χ0v) is 16.7. The van der Waals surface area contributed by atoms with E-state index in [1.165, 1.54) is 5.56 Å². The second-order valence-corrected chi connectivity index (χ2v) is 8.07. The summed E-state index contributed by atoms with van der Waals surface area (Å²) >= 11 is 0. The van der Waals surface area contributed by atoms with Crippen LogP contribution >= 0.6 is 0 Å². The number of anilines is 1. The molecule has 3 rings (SSSR count). The van der Waals surface area contributed by atoms with Gasteiger partial charge >= 0.3 is 5.97 Å². The number of carbonyl (C=O) groups is 2. The van der Waals surface area contributed by atoms with Gasteiger partial charge in [-0.2, -0.15) is 0 Å². The minimum atomic E-state index is -0.774. The number of aliphatic carboxylic acids is 1. The lowest BCUT2D eigenvalue weighted by Gasteiger charge is -2.32. The summed E-state index contributed by atoms with van der Waals surface area (Å²) in [7, 11) is 0. The number of carbonyl (C=O) groups excluding carboxylic acids is 1. The molecule has 0 aliphatic carbocycles. The number of hydrogen-bond donors (Lipinski definition) is 3. The number of rotatable bonds is 7. The van der Waals surface area contributed by atoms with E-state index in [4.69, 9.17) is 9.84 Å². The highest BCUT2D eigenvalue weighted by Gasteiger charge is 2.24. The third-order valence-corrected chi connectivity index (χ3v) is 5.48. The van der Waals surface area contributed by atoms with Gasteiger partial charge in [0, 0.05) is 37.4 Å². The molecule has 2 atom stereocenters. The highest BCUT2D eigenvalue weighted by molar-refractivity contribution is 5.91. The Morgan fingerprint density at radius 3 is 2.71 bits per heavy atom. The van der Waals surface area contributed by atoms with Gasteiger partial charge in [-0.1, -0.05) is 6.07 Å². The smallest absolute Gasteiger partial charge is 0.304 e. The van der Waals surface area contributed by atoms with Crippen molar-refractivity contribution in [3.05, 3.63) is 29.3 Å². The number of amides is 1. The highest BCUT2D eigenvalue weighted by Crippen LogP contribution is 2.23. The van der Waals surface area contributed by atoms with Gasteiger partial charge in [0.15, 0.2) is 0 Å². The lowest BCUT2D eigenvalue weighted by atomic mass is 9.98. The highest BCUT2D eigenvalue weighted by atomic mass is 16.5. The molecule has 1 saturated heterocycles. The van der Waals surface area contributed by atoms with Crippen LogP contribution in [0.15, 0.2) is 18.2 Å². The maximum atomic E-state index is 12.3. The van der Waals surface area contributed by atoms with E-state index in [2.05, 4.69) is 35.4 Å². The number of benzene rings is 1. The minimum Gasteiger partial charge on any atom is -0.481 e. The Morgan fingerprint density at radius 2 is 2.00 bits per heavy atom. The topological polar surface area (TPSA) is 90.9 Å². The Morgan fingerprint density at radius 1 is 1.25 bits per heavy atom. The molecule has 7 nitrogen and oxygen atoms in total. The number of carboxylic acids is 1. The van der Waals surface area contributed by atoms with E-state index in [0.29, 0.717) is 25.2 Å². The summed E-state index contributed by atoms with van der Waals surface area (Å²) in [6.45, 7) is 6.47. The molecule has 154 valence electrons. The molecule has 0 spiro atoms. The van der Waals surface area contributed by atoms with E-state index in [-0.39, 0.29) is 25.0 Å². The van der Waals surface area contributed by atoms with E-state index < -0.39 is 5.97 Å². The largest absolute Gasteiger partial charge is 0.481 e. The second-order valence-electron chi connectivity index (χ2n) is 8.07. The van der Waals surface area contributed by atoms with Gasteiger partial charge in [0.2, 0.25) is 5.91 Å².